The first-order valence-electron chi connectivity index (χ1n) is 12.3. The third-order valence-corrected chi connectivity index (χ3v) is 6.51. The van der Waals surface area contributed by atoms with E-state index in [-0.39, 0.29) is 17.5 Å². The molecule has 9 heteroatoms. The summed E-state index contributed by atoms with van der Waals surface area (Å²) in [5.41, 5.74) is 2.69. The lowest BCUT2D eigenvalue weighted by Crippen LogP contribution is -2.49. The topological polar surface area (TPSA) is 67.2 Å². The zero-order valence-corrected chi connectivity index (χ0v) is 20.4. The highest BCUT2D eigenvalue weighted by Gasteiger charge is 2.27. The van der Waals surface area contributed by atoms with E-state index in [1.807, 2.05) is 6.92 Å². The fourth-order valence-electron chi connectivity index (χ4n) is 4.54. The average Bonchev–Trinajstić information content (AvgIpc) is 3.23. The van der Waals surface area contributed by atoms with Crippen LogP contribution in [0.2, 0.25) is 0 Å². The first-order valence-corrected chi connectivity index (χ1v) is 12.3. The number of hydrogen-bond donors (Lipinski definition) is 0. The summed E-state index contributed by atoms with van der Waals surface area (Å²) in [6.07, 6.45) is 2.74. The van der Waals surface area contributed by atoms with Gasteiger partial charge in [0.1, 0.15) is 23.3 Å². The first-order chi connectivity index (χ1) is 17.4. The molecule has 1 fully saturated rings. The molecule has 0 atom stereocenters. The zero-order valence-electron chi connectivity index (χ0n) is 20.4. The number of unbranched alkanes of at least 4 members (excludes halogenated alkanes) is 1. The smallest absolute Gasteiger partial charge is 0.253 e. The van der Waals surface area contributed by atoms with Gasteiger partial charge in [-0.3, -0.25) is 4.79 Å². The number of aromatic nitrogens is 4. The number of carbonyl (C=O) groups excluding carboxylic acids is 1. The summed E-state index contributed by atoms with van der Waals surface area (Å²) in [4.78, 5) is 26.7. The number of carbonyl (C=O) groups is 1. The second-order valence-electron chi connectivity index (χ2n) is 9.03. The predicted octanol–water partition coefficient (Wildman–Crippen LogP) is 4.71. The second kappa shape index (κ2) is 10.0. The number of halogens is 2. The van der Waals surface area contributed by atoms with Gasteiger partial charge < -0.3 is 9.80 Å². The van der Waals surface area contributed by atoms with Crippen molar-refractivity contribution in [3.05, 3.63) is 77.2 Å². The highest BCUT2D eigenvalue weighted by Crippen LogP contribution is 2.30. The van der Waals surface area contributed by atoms with Crippen LogP contribution in [0.5, 0.6) is 0 Å². The van der Waals surface area contributed by atoms with Crippen LogP contribution in [0.1, 0.15) is 41.6 Å². The lowest BCUT2D eigenvalue weighted by Gasteiger charge is -2.35. The van der Waals surface area contributed by atoms with Gasteiger partial charge in [0.15, 0.2) is 5.65 Å². The molecule has 2 aromatic heterocycles. The van der Waals surface area contributed by atoms with Gasteiger partial charge in [0.2, 0.25) is 0 Å². The Hall–Kier alpha value is -3.88. The van der Waals surface area contributed by atoms with Crippen LogP contribution in [-0.4, -0.2) is 56.7 Å². The summed E-state index contributed by atoms with van der Waals surface area (Å²) in [5.74, 6) is 0.781. The fraction of sp³-hybridized carbons (Fsp3) is 0.333. The summed E-state index contributed by atoms with van der Waals surface area (Å²) >= 11 is 0. The van der Waals surface area contributed by atoms with Gasteiger partial charge in [-0.15, -0.1) is 0 Å². The molecule has 5 rings (SSSR count). The molecule has 1 amide bonds. The summed E-state index contributed by atoms with van der Waals surface area (Å²) < 4.78 is 28.6. The van der Waals surface area contributed by atoms with Crippen molar-refractivity contribution in [3.63, 3.8) is 0 Å². The molecule has 186 valence electrons. The van der Waals surface area contributed by atoms with Gasteiger partial charge in [0, 0.05) is 38.2 Å². The highest BCUT2D eigenvalue weighted by molar-refractivity contribution is 5.95. The standard InChI is InChI=1S/C27H28F2N6O/c1-3-4-5-23-30-25(24-18(2)32-35(26(24)31-23)22-12-10-21(29)11-13-22)33-14-16-34(17-15-33)27(36)19-6-8-20(28)9-7-19/h6-13H,3-5,14-17H2,1-2H3. The maximum atomic E-state index is 13.5. The van der Waals surface area contributed by atoms with Crippen LogP contribution >= 0.6 is 0 Å². The lowest BCUT2D eigenvalue weighted by molar-refractivity contribution is 0.0746. The van der Waals surface area contributed by atoms with E-state index in [4.69, 9.17) is 15.1 Å². The normalized spacial score (nSPS) is 14.0. The Morgan fingerprint density at radius 1 is 0.917 bits per heavy atom. The van der Waals surface area contributed by atoms with Crippen LogP contribution in [0.3, 0.4) is 0 Å². The molecule has 0 saturated carbocycles. The second-order valence-corrected chi connectivity index (χ2v) is 9.03. The number of nitrogens with zero attached hydrogens (tertiary/aromatic N) is 6. The van der Waals surface area contributed by atoms with Crippen LogP contribution in [0, 0.1) is 18.6 Å². The molecule has 2 aromatic carbocycles. The van der Waals surface area contributed by atoms with Gasteiger partial charge in [-0.2, -0.15) is 5.10 Å². The fourth-order valence-corrected chi connectivity index (χ4v) is 4.54. The van der Waals surface area contributed by atoms with Crippen molar-refractivity contribution in [2.45, 2.75) is 33.1 Å². The van der Waals surface area contributed by atoms with Crippen molar-refractivity contribution in [3.8, 4) is 5.69 Å². The van der Waals surface area contributed by atoms with Crippen LogP contribution < -0.4 is 4.90 Å². The van der Waals surface area contributed by atoms with Gasteiger partial charge in [-0.1, -0.05) is 13.3 Å². The molecule has 7 nitrogen and oxygen atoms in total. The van der Waals surface area contributed by atoms with E-state index in [0.717, 1.165) is 47.7 Å². The van der Waals surface area contributed by atoms with Crippen molar-refractivity contribution in [2.75, 3.05) is 31.1 Å². The zero-order chi connectivity index (χ0) is 25.2. The number of anilines is 1. The number of piperazine rings is 1. The number of fused-ring (bicyclic) bond motifs is 1. The Morgan fingerprint density at radius 2 is 1.56 bits per heavy atom. The Labute approximate surface area is 208 Å². The Kier molecular flexibility index (Phi) is 6.63. The molecule has 36 heavy (non-hydrogen) atoms. The Morgan fingerprint density at radius 3 is 2.19 bits per heavy atom. The minimum Gasteiger partial charge on any atom is -0.352 e. The van der Waals surface area contributed by atoms with E-state index in [2.05, 4.69) is 11.8 Å². The number of aryl methyl sites for hydroxylation is 2. The summed E-state index contributed by atoms with van der Waals surface area (Å²) in [5, 5.41) is 5.59. The van der Waals surface area contributed by atoms with Gasteiger partial charge in [-0.25, -0.2) is 23.4 Å². The summed E-state index contributed by atoms with van der Waals surface area (Å²) in [6.45, 7) is 6.31. The largest absolute Gasteiger partial charge is 0.352 e. The monoisotopic (exact) mass is 490 g/mol. The van der Waals surface area contributed by atoms with E-state index in [9.17, 15) is 13.6 Å². The Balaban J connectivity index is 1.47. The molecule has 1 saturated heterocycles. The molecular formula is C27H28F2N6O. The van der Waals surface area contributed by atoms with E-state index < -0.39 is 0 Å². The molecule has 1 aliphatic heterocycles. The van der Waals surface area contributed by atoms with Crippen molar-refractivity contribution < 1.29 is 13.6 Å². The number of rotatable bonds is 6. The van der Waals surface area contributed by atoms with E-state index in [0.29, 0.717) is 37.4 Å². The van der Waals surface area contributed by atoms with Gasteiger partial charge in [-0.05, 0) is 61.9 Å². The summed E-state index contributed by atoms with van der Waals surface area (Å²) in [6, 6.07) is 11.9. The van der Waals surface area contributed by atoms with Gasteiger partial charge in [0.05, 0.1) is 16.8 Å². The van der Waals surface area contributed by atoms with Crippen molar-refractivity contribution >= 4 is 22.8 Å². The lowest BCUT2D eigenvalue weighted by atomic mass is 10.1. The van der Waals surface area contributed by atoms with Crippen molar-refractivity contribution in [1.29, 1.82) is 0 Å². The van der Waals surface area contributed by atoms with Crippen LogP contribution in [-0.2, 0) is 6.42 Å². The maximum Gasteiger partial charge on any atom is 0.253 e. The minimum absolute atomic E-state index is 0.105. The molecule has 0 bridgehead atoms. The maximum absolute atomic E-state index is 13.5. The molecule has 0 radical (unpaired) electrons. The molecule has 0 unspecified atom stereocenters. The molecule has 0 spiro atoms. The number of hydrogen-bond acceptors (Lipinski definition) is 5. The number of benzene rings is 2. The van der Waals surface area contributed by atoms with Gasteiger partial charge >= 0.3 is 0 Å². The summed E-state index contributed by atoms with van der Waals surface area (Å²) in [7, 11) is 0. The van der Waals surface area contributed by atoms with Crippen LogP contribution in [0.15, 0.2) is 48.5 Å². The molecule has 0 aliphatic carbocycles. The van der Waals surface area contributed by atoms with Crippen LogP contribution in [0.4, 0.5) is 14.6 Å². The predicted molar refractivity (Wildman–Crippen MR) is 134 cm³/mol. The van der Waals surface area contributed by atoms with Crippen molar-refractivity contribution in [1.82, 2.24) is 24.6 Å². The SMILES string of the molecule is CCCCc1nc(N2CCN(C(=O)c3ccc(F)cc3)CC2)c2c(C)nn(-c3ccc(F)cc3)c2n1. The Bertz CT molecular complexity index is 1380. The highest BCUT2D eigenvalue weighted by atomic mass is 19.1. The van der Waals surface area contributed by atoms with E-state index in [1.54, 1.807) is 21.7 Å². The molecular weight excluding hydrogens is 462 g/mol. The van der Waals surface area contributed by atoms with Gasteiger partial charge in [0.25, 0.3) is 5.91 Å². The number of amides is 1. The quantitative estimate of drug-likeness (QED) is 0.392. The molecule has 0 N–H and O–H groups in total. The molecule has 1 aliphatic rings. The molecule has 4 aromatic rings. The van der Waals surface area contributed by atoms with Crippen LogP contribution in [0.25, 0.3) is 16.7 Å². The minimum atomic E-state index is -0.362. The van der Waals surface area contributed by atoms with E-state index in [1.165, 1.54) is 36.4 Å². The van der Waals surface area contributed by atoms with E-state index >= 15 is 0 Å². The third kappa shape index (κ3) is 4.65. The third-order valence-electron chi connectivity index (χ3n) is 6.51. The average molecular weight is 491 g/mol. The van der Waals surface area contributed by atoms with Crippen molar-refractivity contribution in [2.24, 2.45) is 0 Å². The molecule has 3 heterocycles. The first kappa shape index (κ1) is 23.8.